The minimum atomic E-state index is -0.919. The van der Waals surface area contributed by atoms with Gasteiger partial charge in [0.25, 0.3) is 5.91 Å². The van der Waals surface area contributed by atoms with Gasteiger partial charge in [0, 0.05) is 31.5 Å². The molecule has 1 aliphatic heterocycles. The number of carbonyl (C=O) groups is 2. The van der Waals surface area contributed by atoms with Crippen LogP contribution in [0.5, 0.6) is 0 Å². The van der Waals surface area contributed by atoms with E-state index in [2.05, 4.69) is 4.98 Å². The second-order valence-corrected chi connectivity index (χ2v) is 5.51. The molecule has 2 N–H and O–H groups in total. The van der Waals surface area contributed by atoms with E-state index in [1.54, 1.807) is 0 Å². The van der Waals surface area contributed by atoms with Crippen molar-refractivity contribution < 1.29 is 14.7 Å². The van der Waals surface area contributed by atoms with E-state index in [9.17, 15) is 19.5 Å². The minimum Gasteiger partial charge on any atom is -0.481 e. The van der Waals surface area contributed by atoms with Crippen molar-refractivity contribution >= 4 is 11.9 Å². The van der Waals surface area contributed by atoms with Crippen LogP contribution in [0.15, 0.2) is 23.3 Å². The number of pyridine rings is 1. The zero-order valence-corrected chi connectivity index (χ0v) is 11.5. The molecule has 1 aromatic heterocycles. The number of rotatable bonds is 3. The van der Waals surface area contributed by atoms with Crippen LogP contribution in [0.25, 0.3) is 0 Å². The van der Waals surface area contributed by atoms with Crippen LogP contribution >= 0.6 is 0 Å². The number of nitrogens with zero attached hydrogens (tertiary/aromatic N) is 1. The van der Waals surface area contributed by atoms with Gasteiger partial charge in [-0.15, -0.1) is 0 Å². The second kappa shape index (κ2) is 5.11. The Morgan fingerprint density at radius 1 is 1.45 bits per heavy atom. The Bertz CT molecular complexity index is 593. The molecule has 1 atom stereocenters. The third kappa shape index (κ3) is 2.21. The van der Waals surface area contributed by atoms with Gasteiger partial charge in [-0.25, -0.2) is 0 Å². The van der Waals surface area contributed by atoms with Crippen LogP contribution in [0.3, 0.4) is 0 Å². The number of nitrogens with one attached hydrogen (secondary N) is 1. The first-order chi connectivity index (χ1) is 9.38. The molecule has 1 aromatic rings. The first kappa shape index (κ1) is 14.3. The van der Waals surface area contributed by atoms with Crippen LogP contribution in [0, 0.1) is 11.3 Å². The van der Waals surface area contributed by atoms with E-state index in [0.717, 1.165) is 0 Å². The average molecular weight is 278 g/mol. The number of aliphatic carboxylic acids is 1. The highest BCUT2D eigenvalue weighted by Gasteiger charge is 2.48. The Morgan fingerprint density at radius 3 is 2.65 bits per heavy atom. The summed E-state index contributed by atoms with van der Waals surface area (Å²) in [5, 5.41) is 9.45. The second-order valence-electron chi connectivity index (χ2n) is 5.51. The fraction of sp³-hybridized carbons (Fsp3) is 0.500. The lowest BCUT2D eigenvalue weighted by molar-refractivity contribution is -0.150. The molecule has 0 aromatic carbocycles. The SMILES string of the molecule is CC(C)C1(C(=O)O)CCN(C(=O)c2c[nH]ccc2=O)C1. The molecule has 0 aliphatic carbocycles. The highest BCUT2D eigenvalue weighted by atomic mass is 16.4. The van der Waals surface area contributed by atoms with Crippen LogP contribution in [-0.2, 0) is 4.79 Å². The number of aromatic amines is 1. The first-order valence-electron chi connectivity index (χ1n) is 6.58. The van der Waals surface area contributed by atoms with Gasteiger partial charge < -0.3 is 15.0 Å². The van der Waals surface area contributed by atoms with E-state index in [4.69, 9.17) is 0 Å². The van der Waals surface area contributed by atoms with Crippen LogP contribution in [0.2, 0.25) is 0 Å². The van der Waals surface area contributed by atoms with Crippen molar-refractivity contribution in [2.45, 2.75) is 20.3 Å². The summed E-state index contributed by atoms with van der Waals surface area (Å²) in [5.41, 5.74) is -1.22. The molecule has 0 bridgehead atoms. The van der Waals surface area contributed by atoms with Crippen LogP contribution in [0.4, 0.5) is 0 Å². The molecule has 20 heavy (non-hydrogen) atoms. The summed E-state index contributed by atoms with van der Waals surface area (Å²) in [7, 11) is 0. The normalized spacial score (nSPS) is 22.2. The highest BCUT2D eigenvalue weighted by Crippen LogP contribution is 2.38. The van der Waals surface area contributed by atoms with Crippen LogP contribution in [-0.4, -0.2) is 40.0 Å². The molecular weight excluding hydrogens is 260 g/mol. The van der Waals surface area contributed by atoms with E-state index < -0.39 is 17.3 Å². The quantitative estimate of drug-likeness (QED) is 0.861. The standard InChI is InChI=1S/C14H18N2O4/c1-9(2)14(13(19)20)4-6-16(8-14)12(18)10-7-15-5-3-11(10)17/h3,5,7,9H,4,6,8H2,1-2H3,(H,15,17)(H,19,20). The molecule has 1 fully saturated rings. The maximum atomic E-state index is 12.3. The Morgan fingerprint density at radius 2 is 2.15 bits per heavy atom. The topological polar surface area (TPSA) is 90.5 Å². The lowest BCUT2D eigenvalue weighted by Crippen LogP contribution is -2.41. The molecule has 1 amide bonds. The number of hydrogen-bond donors (Lipinski definition) is 2. The highest BCUT2D eigenvalue weighted by molar-refractivity contribution is 5.94. The third-order valence-corrected chi connectivity index (χ3v) is 4.17. The number of carbonyl (C=O) groups excluding carboxylic acids is 1. The molecule has 1 unspecified atom stereocenters. The van der Waals surface area contributed by atoms with Crippen molar-refractivity contribution in [1.82, 2.24) is 9.88 Å². The Kier molecular flexibility index (Phi) is 3.65. The summed E-state index contributed by atoms with van der Waals surface area (Å²) >= 11 is 0. The summed E-state index contributed by atoms with van der Waals surface area (Å²) in [5.74, 6) is -1.37. The van der Waals surface area contributed by atoms with Crippen molar-refractivity contribution in [3.63, 3.8) is 0 Å². The number of H-pyrrole nitrogens is 1. The summed E-state index contributed by atoms with van der Waals surface area (Å²) in [4.78, 5) is 39.7. The van der Waals surface area contributed by atoms with Crippen molar-refractivity contribution in [2.24, 2.45) is 11.3 Å². The van der Waals surface area contributed by atoms with Gasteiger partial charge in [0.15, 0.2) is 5.43 Å². The maximum Gasteiger partial charge on any atom is 0.311 e. The molecule has 108 valence electrons. The first-order valence-corrected chi connectivity index (χ1v) is 6.58. The monoisotopic (exact) mass is 278 g/mol. The maximum absolute atomic E-state index is 12.3. The summed E-state index contributed by atoms with van der Waals surface area (Å²) in [6, 6.07) is 1.29. The summed E-state index contributed by atoms with van der Waals surface area (Å²) < 4.78 is 0. The predicted octanol–water partition coefficient (Wildman–Crippen LogP) is 0.948. The van der Waals surface area contributed by atoms with Crippen LogP contribution < -0.4 is 5.43 Å². The van der Waals surface area contributed by atoms with Gasteiger partial charge in [0.2, 0.25) is 0 Å². The molecule has 6 nitrogen and oxygen atoms in total. The van der Waals surface area contributed by atoms with Crippen LogP contribution in [0.1, 0.15) is 30.6 Å². The molecule has 2 rings (SSSR count). The lowest BCUT2D eigenvalue weighted by Gasteiger charge is -2.28. The van der Waals surface area contributed by atoms with Crippen molar-refractivity contribution in [3.05, 3.63) is 34.2 Å². The lowest BCUT2D eigenvalue weighted by atomic mass is 9.76. The summed E-state index contributed by atoms with van der Waals surface area (Å²) in [6.07, 6.45) is 3.23. The number of amides is 1. The Balaban J connectivity index is 2.26. The average Bonchev–Trinajstić information content (AvgIpc) is 2.85. The van der Waals surface area contributed by atoms with E-state index >= 15 is 0 Å². The van der Waals surface area contributed by atoms with E-state index in [1.807, 2.05) is 13.8 Å². The number of hydrogen-bond acceptors (Lipinski definition) is 3. The number of carboxylic acid groups (broad SMARTS) is 1. The van der Waals surface area contributed by atoms with Gasteiger partial charge in [-0.3, -0.25) is 14.4 Å². The number of carboxylic acids is 1. The molecule has 6 heteroatoms. The number of aromatic nitrogens is 1. The molecule has 0 saturated carbocycles. The summed E-state index contributed by atoms with van der Waals surface area (Å²) in [6.45, 7) is 4.19. The largest absolute Gasteiger partial charge is 0.481 e. The van der Waals surface area contributed by atoms with Gasteiger partial charge in [-0.1, -0.05) is 13.8 Å². The molecule has 0 radical (unpaired) electrons. The van der Waals surface area contributed by atoms with Crippen molar-refractivity contribution in [3.8, 4) is 0 Å². The minimum absolute atomic E-state index is 0.0532. The van der Waals surface area contributed by atoms with E-state index in [-0.39, 0.29) is 23.5 Å². The van der Waals surface area contributed by atoms with Gasteiger partial charge >= 0.3 is 5.97 Å². The fourth-order valence-electron chi connectivity index (χ4n) is 2.65. The Hall–Kier alpha value is -2.11. The Labute approximate surface area is 116 Å². The number of likely N-dealkylation sites (tertiary alicyclic amines) is 1. The smallest absolute Gasteiger partial charge is 0.311 e. The van der Waals surface area contributed by atoms with Gasteiger partial charge in [0.1, 0.15) is 5.56 Å². The molecule has 1 saturated heterocycles. The van der Waals surface area contributed by atoms with Gasteiger partial charge in [0.05, 0.1) is 5.41 Å². The van der Waals surface area contributed by atoms with Gasteiger partial charge in [-0.05, 0) is 12.3 Å². The van der Waals surface area contributed by atoms with Gasteiger partial charge in [-0.2, -0.15) is 0 Å². The molecular formula is C14H18N2O4. The zero-order valence-electron chi connectivity index (χ0n) is 11.5. The van der Waals surface area contributed by atoms with E-state index in [0.29, 0.717) is 13.0 Å². The molecule has 1 aliphatic rings. The zero-order chi connectivity index (χ0) is 14.9. The van der Waals surface area contributed by atoms with Crippen molar-refractivity contribution in [1.29, 1.82) is 0 Å². The van der Waals surface area contributed by atoms with Crippen molar-refractivity contribution in [2.75, 3.05) is 13.1 Å². The predicted molar refractivity (Wildman–Crippen MR) is 72.5 cm³/mol. The fourth-order valence-corrected chi connectivity index (χ4v) is 2.65. The molecule has 2 heterocycles. The van der Waals surface area contributed by atoms with E-state index in [1.165, 1.54) is 23.4 Å². The molecule has 0 spiro atoms. The third-order valence-electron chi connectivity index (χ3n) is 4.17.